The summed E-state index contributed by atoms with van der Waals surface area (Å²) < 4.78 is 32.2. The molecule has 0 unspecified atom stereocenters. The van der Waals surface area contributed by atoms with E-state index in [1.807, 2.05) is 19.1 Å². The number of alkyl halides is 2. The van der Waals surface area contributed by atoms with Crippen LogP contribution >= 0.6 is 0 Å². The Morgan fingerprint density at radius 1 is 1.22 bits per heavy atom. The zero-order chi connectivity index (χ0) is 20.3. The molecule has 1 rings (SSSR count). The lowest BCUT2D eigenvalue weighted by Gasteiger charge is -2.19. The Bertz CT molecular complexity index is 528. The molecular weight excluding hydrogens is 354 g/mol. The second-order valence-corrected chi connectivity index (χ2v) is 7.32. The minimum atomic E-state index is -3.24. The highest BCUT2D eigenvalue weighted by atomic mass is 19.3. The number of carbonyl (C=O) groups is 3. The molecule has 1 fully saturated rings. The van der Waals surface area contributed by atoms with Crippen LogP contribution in [-0.2, 0) is 19.1 Å². The van der Waals surface area contributed by atoms with Crippen molar-refractivity contribution >= 4 is 17.5 Å². The van der Waals surface area contributed by atoms with Gasteiger partial charge in [0.15, 0.2) is 0 Å². The molecule has 1 aliphatic rings. The number of unbranched alkanes of at least 4 members (excludes halogenated alkanes) is 2. The van der Waals surface area contributed by atoms with E-state index in [4.69, 9.17) is 0 Å². The molecule has 0 aliphatic heterocycles. The lowest BCUT2D eigenvalue weighted by molar-refractivity contribution is -0.144. The minimum Gasteiger partial charge on any atom is -0.469 e. The Hall–Kier alpha value is -1.59. The summed E-state index contributed by atoms with van der Waals surface area (Å²) in [5.41, 5.74) is 0. The molecule has 0 aromatic carbocycles. The van der Waals surface area contributed by atoms with Gasteiger partial charge in [0.2, 0.25) is 5.78 Å². The SMILES string of the molecule is CCCCC(F)(F)C(=O)CC[C@H]1CCC(=O)[C@@H]1C/C=C\CCCC(=O)OC. The molecule has 1 aliphatic carbocycles. The fourth-order valence-corrected chi connectivity index (χ4v) is 3.51. The number of hydrogen-bond acceptors (Lipinski definition) is 4. The zero-order valence-corrected chi connectivity index (χ0v) is 16.5. The number of carbonyl (C=O) groups excluding carboxylic acids is 3. The van der Waals surface area contributed by atoms with E-state index in [-0.39, 0.29) is 36.4 Å². The van der Waals surface area contributed by atoms with Crippen molar-refractivity contribution in [3.63, 3.8) is 0 Å². The molecule has 0 radical (unpaired) electrons. The van der Waals surface area contributed by atoms with E-state index in [0.717, 1.165) is 6.42 Å². The van der Waals surface area contributed by atoms with Crippen LogP contribution in [0.5, 0.6) is 0 Å². The van der Waals surface area contributed by atoms with Gasteiger partial charge in [-0.15, -0.1) is 0 Å². The molecule has 0 aromatic heterocycles. The number of halogens is 2. The third-order valence-corrected chi connectivity index (χ3v) is 5.27. The zero-order valence-electron chi connectivity index (χ0n) is 16.5. The minimum absolute atomic E-state index is 0.00291. The van der Waals surface area contributed by atoms with Crippen LogP contribution in [0.3, 0.4) is 0 Å². The first-order valence-corrected chi connectivity index (χ1v) is 9.97. The Balaban J connectivity index is 2.41. The molecule has 4 nitrogen and oxygen atoms in total. The number of ketones is 2. The van der Waals surface area contributed by atoms with E-state index in [0.29, 0.717) is 51.4 Å². The standard InChI is InChI=1S/C21H32F2O4/c1-3-4-15-21(22,23)19(25)14-12-16-11-13-18(24)17(16)9-7-5-6-8-10-20(26)27-2/h5,7,16-17H,3-4,6,8-15H2,1-2H3/b7-5-/t16-,17-/m1/s1. The number of ether oxygens (including phenoxy) is 1. The van der Waals surface area contributed by atoms with Crippen LogP contribution in [0.25, 0.3) is 0 Å². The van der Waals surface area contributed by atoms with Crippen molar-refractivity contribution in [2.75, 3.05) is 7.11 Å². The molecule has 154 valence electrons. The Morgan fingerprint density at radius 2 is 1.96 bits per heavy atom. The van der Waals surface area contributed by atoms with Crippen LogP contribution in [0, 0.1) is 11.8 Å². The fourth-order valence-electron chi connectivity index (χ4n) is 3.51. The van der Waals surface area contributed by atoms with Gasteiger partial charge in [-0.05, 0) is 44.4 Å². The molecule has 0 N–H and O–H groups in total. The molecule has 0 bridgehead atoms. The van der Waals surface area contributed by atoms with Crippen molar-refractivity contribution in [2.24, 2.45) is 11.8 Å². The summed E-state index contributed by atoms with van der Waals surface area (Å²) in [7, 11) is 1.36. The summed E-state index contributed by atoms with van der Waals surface area (Å²) in [6.07, 6.45) is 8.13. The summed E-state index contributed by atoms with van der Waals surface area (Å²) >= 11 is 0. The maximum absolute atomic E-state index is 13.8. The summed E-state index contributed by atoms with van der Waals surface area (Å²) in [6.45, 7) is 1.82. The molecule has 27 heavy (non-hydrogen) atoms. The van der Waals surface area contributed by atoms with Gasteiger partial charge in [-0.25, -0.2) is 0 Å². The third-order valence-electron chi connectivity index (χ3n) is 5.27. The van der Waals surface area contributed by atoms with E-state index in [9.17, 15) is 23.2 Å². The molecule has 0 spiro atoms. The normalized spacial score (nSPS) is 20.4. The lowest BCUT2D eigenvalue weighted by Crippen LogP contribution is -2.29. The van der Waals surface area contributed by atoms with E-state index >= 15 is 0 Å². The molecule has 2 atom stereocenters. The van der Waals surface area contributed by atoms with E-state index in [1.54, 1.807) is 0 Å². The highest BCUT2D eigenvalue weighted by Crippen LogP contribution is 2.36. The molecule has 6 heteroatoms. The Labute approximate surface area is 160 Å². The smallest absolute Gasteiger partial charge is 0.305 e. The van der Waals surface area contributed by atoms with E-state index in [2.05, 4.69) is 4.74 Å². The van der Waals surface area contributed by atoms with Crippen LogP contribution in [0.4, 0.5) is 8.78 Å². The average Bonchev–Trinajstić information content (AvgIpc) is 3.00. The predicted octanol–water partition coefficient (Wildman–Crippen LogP) is 5.05. The van der Waals surface area contributed by atoms with Crippen LogP contribution in [0.1, 0.15) is 77.6 Å². The maximum Gasteiger partial charge on any atom is 0.305 e. The fraction of sp³-hybridized carbons (Fsp3) is 0.762. The topological polar surface area (TPSA) is 60.4 Å². The van der Waals surface area contributed by atoms with Crippen LogP contribution in [0.2, 0.25) is 0 Å². The monoisotopic (exact) mass is 386 g/mol. The first-order chi connectivity index (χ1) is 12.8. The predicted molar refractivity (Wildman–Crippen MR) is 99.6 cm³/mol. The van der Waals surface area contributed by atoms with Crippen molar-refractivity contribution in [1.82, 2.24) is 0 Å². The Kier molecular flexibility index (Phi) is 10.4. The van der Waals surface area contributed by atoms with Crippen LogP contribution in [0.15, 0.2) is 12.2 Å². The second-order valence-electron chi connectivity index (χ2n) is 7.32. The quantitative estimate of drug-likeness (QED) is 0.253. The summed E-state index contributed by atoms with van der Waals surface area (Å²) in [4.78, 5) is 35.0. The van der Waals surface area contributed by atoms with Crippen molar-refractivity contribution < 1.29 is 27.9 Å². The van der Waals surface area contributed by atoms with Gasteiger partial charge in [-0.3, -0.25) is 14.4 Å². The maximum atomic E-state index is 13.8. The van der Waals surface area contributed by atoms with Gasteiger partial charge < -0.3 is 4.74 Å². The molecular formula is C21H32F2O4. The number of methoxy groups -OCH3 is 1. The number of allylic oxidation sites excluding steroid dienone is 2. The average molecular weight is 386 g/mol. The lowest BCUT2D eigenvalue weighted by atomic mass is 9.87. The highest BCUT2D eigenvalue weighted by Gasteiger charge is 2.39. The molecule has 1 saturated carbocycles. The van der Waals surface area contributed by atoms with Gasteiger partial charge in [-0.1, -0.05) is 25.5 Å². The van der Waals surface area contributed by atoms with Gasteiger partial charge >= 0.3 is 11.9 Å². The Morgan fingerprint density at radius 3 is 2.63 bits per heavy atom. The van der Waals surface area contributed by atoms with Crippen molar-refractivity contribution in [3.8, 4) is 0 Å². The van der Waals surface area contributed by atoms with Gasteiger partial charge in [0.05, 0.1) is 7.11 Å². The summed E-state index contributed by atoms with van der Waals surface area (Å²) in [6, 6.07) is 0. The van der Waals surface area contributed by atoms with Crippen LogP contribution < -0.4 is 0 Å². The third kappa shape index (κ3) is 8.31. The van der Waals surface area contributed by atoms with Gasteiger partial charge in [-0.2, -0.15) is 8.78 Å². The van der Waals surface area contributed by atoms with Crippen molar-refractivity contribution in [3.05, 3.63) is 12.2 Å². The highest BCUT2D eigenvalue weighted by molar-refractivity contribution is 5.86. The second kappa shape index (κ2) is 12.0. The molecule has 0 heterocycles. The number of hydrogen-bond donors (Lipinski definition) is 0. The molecule has 0 aromatic rings. The number of esters is 1. The van der Waals surface area contributed by atoms with Gasteiger partial charge in [0, 0.05) is 31.6 Å². The van der Waals surface area contributed by atoms with E-state index < -0.39 is 11.7 Å². The van der Waals surface area contributed by atoms with Crippen molar-refractivity contribution in [2.45, 2.75) is 83.5 Å². The number of rotatable bonds is 13. The van der Waals surface area contributed by atoms with E-state index in [1.165, 1.54) is 7.11 Å². The summed E-state index contributed by atoms with van der Waals surface area (Å²) in [5, 5.41) is 0. The molecule has 0 amide bonds. The first-order valence-electron chi connectivity index (χ1n) is 9.97. The van der Waals surface area contributed by atoms with Gasteiger partial charge in [0.25, 0.3) is 0 Å². The van der Waals surface area contributed by atoms with Crippen molar-refractivity contribution in [1.29, 1.82) is 0 Å². The van der Waals surface area contributed by atoms with Gasteiger partial charge in [0.1, 0.15) is 5.78 Å². The van der Waals surface area contributed by atoms with Crippen LogP contribution in [-0.4, -0.2) is 30.6 Å². The largest absolute Gasteiger partial charge is 0.469 e. The number of Topliss-reactive ketones (excluding diaryl/α,β-unsaturated/α-hetero) is 2. The molecule has 0 saturated heterocycles. The summed E-state index contributed by atoms with van der Waals surface area (Å²) in [5.74, 6) is -4.50. The first kappa shape index (κ1) is 23.4.